The summed E-state index contributed by atoms with van der Waals surface area (Å²) in [5, 5.41) is 1.11. The van der Waals surface area contributed by atoms with Gasteiger partial charge in [0.1, 0.15) is 0 Å². The Morgan fingerprint density at radius 1 is 1.36 bits per heavy atom. The highest BCUT2D eigenvalue weighted by Crippen LogP contribution is 1.97. The van der Waals surface area contributed by atoms with Crippen molar-refractivity contribution in [3.63, 3.8) is 0 Å². The van der Waals surface area contributed by atoms with Gasteiger partial charge in [-0.05, 0) is 13.3 Å². The zero-order chi connectivity index (χ0) is 8.74. The maximum atomic E-state index is 10.8. The monoisotopic (exact) mass is 178 g/mol. The number of allylic oxidation sites excluding steroid dienone is 1. The zero-order valence-electron chi connectivity index (χ0n) is 6.91. The number of hydrogen-bond acceptors (Lipinski definition) is 3. The average molecular weight is 178 g/mol. The Morgan fingerprint density at radius 3 is 2.45 bits per heavy atom. The van der Waals surface area contributed by atoms with E-state index in [9.17, 15) is 8.42 Å². The molecular formula is C7H14O3S. The van der Waals surface area contributed by atoms with Gasteiger partial charge in [-0.3, -0.25) is 4.18 Å². The van der Waals surface area contributed by atoms with E-state index in [1.54, 1.807) is 13.0 Å². The van der Waals surface area contributed by atoms with Crippen LogP contribution in [0, 0.1) is 0 Å². The van der Waals surface area contributed by atoms with Crippen molar-refractivity contribution in [3.8, 4) is 0 Å². The fourth-order valence-corrected chi connectivity index (χ4v) is 1.33. The van der Waals surface area contributed by atoms with E-state index < -0.39 is 10.1 Å². The first kappa shape index (κ1) is 10.7. The van der Waals surface area contributed by atoms with Crippen LogP contribution in [0.5, 0.6) is 0 Å². The highest BCUT2D eigenvalue weighted by molar-refractivity contribution is 7.89. The highest BCUT2D eigenvalue weighted by atomic mass is 32.2. The first-order valence-corrected chi connectivity index (χ1v) is 5.15. The Labute approximate surface area is 68.2 Å². The highest BCUT2D eigenvalue weighted by Gasteiger charge is 2.01. The van der Waals surface area contributed by atoms with Crippen LogP contribution in [0.1, 0.15) is 26.7 Å². The minimum atomic E-state index is -3.38. The van der Waals surface area contributed by atoms with Crippen molar-refractivity contribution in [2.24, 2.45) is 0 Å². The van der Waals surface area contributed by atoms with Crippen molar-refractivity contribution in [2.45, 2.75) is 26.7 Å². The minimum Gasteiger partial charge on any atom is -0.267 e. The van der Waals surface area contributed by atoms with E-state index in [1.165, 1.54) is 0 Å². The molecule has 0 aromatic heterocycles. The van der Waals surface area contributed by atoms with E-state index in [-0.39, 0.29) is 6.61 Å². The molecule has 3 nitrogen and oxygen atoms in total. The topological polar surface area (TPSA) is 43.4 Å². The van der Waals surface area contributed by atoms with Gasteiger partial charge in [0.15, 0.2) is 0 Å². The molecule has 0 aromatic rings. The fourth-order valence-electron chi connectivity index (χ4n) is 0.556. The van der Waals surface area contributed by atoms with Crippen molar-refractivity contribution in [3.05, 3.63) is 11.5 Å². The Morgan fingerprint density at radius 2 is 2.00 bits per heavy atom. The van der Waals surface area contributed by atoms with E-state index in [0.717, 1.165) is 18.2 Å². The molecule has 0 fully saturated rings. The Balaban J connectivity index is 3.91. The summed E-state index contributed by atoms with van der Waals surface area (Å²) in [5.74, 6) is 0. The van der Waals surface area contributed by atoms with Gasteiger partial charge in [0.25, 0.3) is 10.1 Å². The number of unbranched alkanes of at least 4 members (excludes halogenated alkanes) is 1. The summed E-state index contributed by atoms with van der Waals surface area (Å²) in [6, 6.07) is 0. The van der Waals surface area contributed by atoms with E-state index in [0.29, 0.717) is 0 Å². The van der Waals surface area contributed by atoms with E-state index in [1.807, 2.05) is 6.92 Å². The Hall–Kier alpha value is -0.350. The lowest BCUT2D eigenvalue weighted by atomic mass is 10.3. The number of hydrogen-bond donors (Lipinski definition) is 0. The van der Waals surface area contributed by atoms with Gasteiger partial charge in [-0.15, -0.1) is 0 Å². The lowest BCUT2D eigenvalue weighted by molar-refractivity contribution is 0.344. The average Bonchev–Trinajstić information content (AvgIpc) is 1.87. The summed E-state index contributed by atoms with van der Waals surface area (Å²) < 4.78 is 26.1. The first-order valence-electron chi connectivity index (χ1n) is 3.68. The van der Waals surface area contributed by atoms with Crippen molar-refractivity contribution in [2.75, 3.05) is 6.61 Å². The SMILES string of the molecule is CCC/C=C/S(=O)(=O)OCC. The third-order valence-electron chi connectivity index (χ3n) is 1.00. The smallest absolute Gasteiger partial charge is 0.267 e. The molecule has 0 aliphatic carbocycles. The maximum Gasteiger partial charge on any atom is 0.289 e. The molecule has 0 atom stereocenters. The molecule has 66 valence electrons. The molecule has 0 bridgehead atoms. The van der Waals surface area contributed by atoms with Crippen molar-refractivity contribution < 1.29 is 12.6 Å². The zero-order valence-corrected chi connectivity index (χ0v) is 7.73. The van der Waals surface area contributed by atoms with Gasteiger partial charge in [-0.25, -0.2) is 0 Å². The molecule has 0 aliphatic heterocycles. The van der Waals surface area contributed by atoms with Crippen LogP contribution in [0.4, 0.5) is 0 Å². The second-order valence-corrected chi connectivity index (χ2v) is 3.55. The molecule has 0 saturated heterocycles. The molecule has 0 heterocycles. The van der Waals surface area contributed by atoms with Crippen LogP contribution in [0.2, 0.25) is 0 Å². The predicted octanol–water partition coefficient (Wildman–Crippen LogP) is 1.67. The van der Waals surface area contributed by atoms with Crippen molar-refractivity contribution >= 4 is 10.1 Å². The van der Waals surface area contributed by atoms with Gasteiger partial charge in [-0.1, -0.05) is 19.4 Å². The van der Waals surface area contributed by atoms with Crippen molar-refractivity contribution in [1.82, 2.24) is 0 Å². The van der Waals surface area contributed by atoms with Crippen LogP contribution in [-0.4, -0.2) is 15.0 Å². The molecule has 0 radical (unpaired) electrons. The summed E-state index contributed by atoms with van der Waals surface area (Å²) >= 11 is 0. The van der Waals surface area contributed by atoms with Crippen LogP contribution >= 0.6 is 0 Å². The summed E-state index contributed by atoms with van der Waals surface area (Å²) in [6.45, 7) is 3.82. The van der Waals surface area contributed by atoms with Crippen LogP contribution < -0.4 is 0 Å². The molecule has 4 heteroatoms. The van der Waals surface area contributed by atoms with Crippen molar-refractivity contribution in [1.29, 1.82) is 0 Å². The Bertz CT molecular complexity index is 204. The van der Waals surface area contributed by atoms with Gasteiger partial charge >= 0.3 is 0 Å². The largest absolute Gasteiger partial charge is 0.289 e. The second kappa shape index (κ2) is 5.32. The Kier molecular flexibility index (Phi) is 5.15. The van der Waals surface area contributed by atoms with Gasteiger partial charge < -0.3 is 0 Å². The predicted molar refractivity (Wildman–Crippen MR) is 44.6 cm³/mol. The quantitative estimate of drug-likeness (QED) is 0.601. The fraction of sp³-hybridized carbons (Fsp3) is 0.714. The van der Waals surface area contributed by atoms with E-state index in [2.05, 4.69) is 4.18 Å². The number of rotatable bonds is 5. The first-order chi connectivity index (χ1) is 5.12. The maximum absolute atomic E-state index is 10.8. The summed E-state index contributed by atoms with van der Waals surface area (Å²) in [5.41, 5.74) is 0. The van der Waals surface area contributed by atoms with E-state index >= 15 is 0 Å². The van der Waals surface area contributed by atoms with E-state index in [4.69, 9.17) is 0 Å². The second-order valence-electron chi connectivity index (χ2n) is 2.06. The van der Waals surface area contributed by atoms with Gasteiger partial charge in [0.2, 0.25) is 0 Å². The van der Waals surface area contributed by atoms with Crippen LogP contribution in [0.15, 0.2) is 11.5 Å². The molecule has 0 spiro atoms. The summed E-state index contributed by atoms with van der Waals surface area (Å²) in [6.07, 6.45) is 3.31. The lowest BCUT2D eigenvalue weighted by Crippen LogP contribution is -2.00. The van der Waals surface area contributed by atoms with Gasteiger partial charge in [0, 0.05) is 0 Å². The molecule has 0 amide bonds. The van der Waals surface area contributed by atoms with Gasteiger partial charge in [-0.2, -0.15) is 8.42 Å². The lowest BCUT2D eigenvalue weighted by Gasteiger charge is -1.94. The van der Waals surface area contributed by atoms with Crippen LogP contribution in [-0.2, 0) is 14.3 Å². The minimum absolute atomic E-state index is 0.193. The molecule has 0 rings (SSSR count). The van der Waals surface area contributed by atoms with Gasteiger partial charge in [0.05, 0.1) is 12.0 Å². The molecule has 0 N–H and O–H groups in total. The van der Waals surface area contributed by atoms with Crippen LogP contribution in [0.25, 0.3) is 0 Å². The normalized spacial score (nSPS) is 12.5. The third kappa shape index (κ3) is 6.06. The molecule has 0 unspecified atom stereocenters. The molecular weight excluding hydrogens is 164 g/mol. The van der Waals surface area contributed by atoms with Crippen LogP contribution in [0.3, 0.4) is 0 Å². The third-order valence-corrected chi connectivity index (χ3v) is 2.09. The molecule has 11 heavy (non-hydrogen) atoms. The summed E-state index contributed by atoms with van der Waals surface area (Å²) in [7, 11) is -3.38. The molecule has 0 aromatic carbocycles. The molecule has 0 saturated carbocycles. The summed E-state index contributed by atoms with van der Waals surface area (Å²) in [4.78, 5) is 0. The molecule has 0 aliphatic rings. The standard InChI is InChI=1S/C7H14O3S/c1-3-5-6-7-11(8,9)10-4-2/h6-7H,3-5H2,1-2H3/b7-6+.